The maximum atomic E-state index is 11.7. The van der Waals surface area contributed by atoms with Crippen LogP contribution in [0.3, 0.4) is 0 Å². The summed E-state index contributed by atoms with van der Waals surface area (Å²) >= 11 is 0. The van der Waals surface area contributed by atoms with Crippen LogP contribution in [0.1, 0.15) is 39.2 Å². The highest BCUT2D eigenvalue weighted by molar-refractivity contribution is 5.74. The molecular formula is C16H24N2O2. The Bertz CT molecular complexity index is 438. The van der Waals surface area contributed by atoms with Gasteiger partial charge in [-0.2, -0.15) is 0 Å². The molecule has 4 heteroatoms. The van der Waals surface area contributed by atoms with Gasteiger partial charge in [0.2, 0.25) is 0 Å². The molecule has 2 N–H and O–H groups in total. The summed E-state index contributed by atoms with van der Waals surface area (Å²) in [6.07, 6.45) is 2.64. The summed E-state index contributed by atoms with van der Waals surface area (Å²) in [5, 5.41) is 5.86. The molecule has 1 aromatic carbocycles. The fourth-order valence-electron chi connectivity index (χ4n) is 2.11. The van der Waals surface area contributed by atoms with Crippen LogP contribution in [0.4, 0.5) is 4.79 Å². The molecule has 110 valence electrons. The topological polar surface area (TPSA) is 50.4 Å². The van der Waals surface area contributed by atoms with E-state index in [1.54, 1.807) is 0 Å². The van der Waals surface area contributed by atoms with E-state index in [0.29, 0.717) is 12.5 Å². The molecule has 0 aromatic heterocycles. The molecule has 20 heavy (non-hydrogen) atoms. The van der Waals surface area contributed by atoms with Crippen LogP contribution in [-0.2, 0) is 6.54 Å². The zero-order chi connectivity index (χ0) is 14.5. The highest BCUT2D eigenvalue weighted by atomic mass is 16.5. The molecule has 1 aliphatic carbocycles. The predicted molar refractivity (Wildman–Crippen MR) is 79.8 cm³/mol. The number of hydrogen-bond donors (Lipinski definition) is 2. The van der Waals surface area contributed by atoms with E-state index in [2.05, 4.69) is 17.6 Å². The number of amides is 2. The summed E-state index contributed by atoms with van der Waals surface area (Å²) < 4.78 is 5.58. The maximum absolute atomic E-state index is 11.7. The van der Waals surface area contributed by atoms with Gasteiger partial charge in [0.25, 0.3) is 0 Å². The molecule has 1 saturated carbocycles. The van der Waals surface area contributed by atoms with Gasteiger partial charge in [-0.15, -0.1) is 0 Å². The molecule has 1 atom stereocenters. The molecule has 0 radical (unpaired) electrons. The summed E-state index contributed by atoms with van der Waals surface area (Å²) in [4.78, 5) is 11.7. The van der Waals surface area contributed by atoms with E-state index >= 15 is 0 Å². The highest BCUT2D eigenvalue weighted by Gasteiger charge is 2.28. The van der Waals surface area contributed by atoms with E-state index in [1.807, 2.05) is 38.1 Å². The van der Waals surface area contributed by atoms with Gasteiger partial charge in [-0.25, -0.2) is 4.79 Å². The highest BCUT2D eigenvalue weighted by Crippen LogP contribution is 2.32. The van der Waals surface area contributed by atoms with Crippen molar-refractivity contribution in [3.05, 3.63) is 29.8 Å². The molecular weight excluding hydrogens is 252 g/mol. The zero-order valence-electron chi connectivity index (χ0n) is 12.5. The van der Waals surface area contributed by atoms with Crippen LogP contribution >= 0.6 is 0 Å². The first kappa shape index (κ1) is 14.7. The lowest BCUT2D eigenvalue weighted by Gasteiger charge is -2.14. The third kappa shape index (κ3) is 4.76. The quantitative estimate of drug-likeness (QED) is 0.839. The minimum atomic E-state index is -0.0908. The van der Waals surface area contributed by atoms with Gasteiger partial charge < -0.3 is 15.4 Å². The Balaban J connectivity index is 1.74. The van der Waals surface area contributed by atoms with Crippen LogP contribution in [0.5, 0.6) is 5.75 Å². The van der Waals surface area contributed by atoms with Crippen LogP contribution in [0.2, 0.25) is 0 Å². The van der Waals surface area contributed by atoms with Crippen LogP contribution in [0.15, 0.2) is 24.3 Å². The Morgan fingerprint density at radius 2 is 1.90 bits per heavy atom. The number of nitrogens with one attached hydrogen (secondary N) is 2. The molecule has 0 spiro atoms. The molecule has 1 unspecified atom stereocenters. The minimum Gasteiger partial charge on any atom is -0.491 e. The molecule has 2 rings (SSSR count). The lowest BCUT2D eigenvalue weighted by atomic mass is 10.2. The van der Waals surface area contributed by atoms with E-state index in [4.69, 9.17) is 4.74 Å². The first-order valence-corrected chi connectivity index (χ1v) is 7.34. The van der Waals surface area contributed by atoms with Crippen molar-refractivity contribution < 1.29 is 9.53 Å². The van der Waals surface area contributed by atoms with Crippen LogP contribution < -0.4 is 15.4 Å². The van der Waals surface area contributed by atoms with Crippen molar-refractivity contribution in [3.8, 4) is 5.75 Å². The summed E-state index contributed by atoms with van der Waals surface area (Å²) in [6.45, 7) is 6.60. The first-order valence-electron chi connectivity index (χ1n) is 7.34. The molecule has 0 saturated heterocycles. The third-order valence-corrected chi connectivity index (χ3v) is 3.44. The average Bonchev–Trinajstić information content (AvgIpc) is 3.21. The van der Waals surface area contributed by atoms with Crippen molar-refractivity contribution in [1.82, 2.24) is 10.6 Å². The van der Waals surface area contributed by atoms with Gasteiger partial charge in [0, 0.05) is 12.6 Å². The first-order chi connectivity index (χ1) is 9.54. The molecule has 4 nitrogen and oxygen atoms in total. The second-order valence-corrected chi connectivity index (χ2v) is 5.76. The summed E-state index contributed by atoms with van der Waals surface area (Å²) in [5.74, 6) is 1.53. The lowest BCUT2D eigenvalue weighted by Crippen LogP contribution is -2.41. The second kappa shape index (κ2) is 6.64. The van der Waals surface area contributed by atoms with Crippen molar-refractivity contribution in [2.45, 2.75) is 52.3 Å². The predicted octanol–water partition coefficient (Wildman–Crippen LogP) is 3.07. The van der Waals surface area contributed by atoms with Gasteiger partial charge in [-0.3, -0.25) is 0 Å². The fourth-order valence-corrected chi connectivity index (χ4v) is 2.11. The van der Waals surface area contributed by atoms with E-state index in [1.165, 1.54) is 12.8 Å². The van der Waals surface area contributed by atoms with E-state index < -0.39 is 0 Å². The maximum Gasteiger partial charge on any atom is 0.315 e. The van der Waals surface area contributed by atoms with Crippen molar-refractivity contribution >= 4 is 6.03 Å². The number of rotatable bonds is 6. The smallest absolute Gasteiger partial charge is 0.315 e. The summed E-state index contributed by atoms with van der Waals surface area (Å²) in [6, 6.07) is 8.00. The van der Waals surface area contributed by atoms with E-state index in [0.717, 1.165) is 11.3 Å². The standard InChI is InChI=1S/C16H24N2O2/c1-11(2)20-15-8-4-13(5-9-15)10-17-16(19)18-12(3)14-6-7-14/h4-5,8-9,11-12,14H,6-7,10H2,1-3H3,(H2,17,18,19). The largest absolute Gasteiger partial charge is 0.491 e. The molecule has 0 heterocycles. The number of urea groups is 1. The lowest BCUT2D eigenvalue weighted by molar-refractivity contribution is 0.236. The van der Waals surface area contributed by atoms with Crippen molar-refractivity contribution in [2.24, 2.45) is 5.92 Å². The van der Waals surface area contributed by atoms with Crippen molar-refractivity contribution in [2.75, 3.05) is 0 Å². The van der Waals surface area contributed by atoms with E-state index in [-0.39, 0.29) is 18.2 Å². The van der Waals surface area contributed by atoms with Crippen LogP contribution in [0.25, 0.3) is 0 Å². The Morgan fingerprint density at radius 1 is 1.25 bits per heavy atom. The van der Waals surface area contributed by atoms with Crippen molar-refractivity contribution in [3.63, 3.8) is 0 Å². The number of ether oxygens (including phenoxy) is 1. The third-order valence-electron chi connectivity index (χ3n) is 3.44. The summed E-state index contributed by atoms with van der Waals surface area (Å²) in [7, 11) is 0. The van der Waals surface area contributed by atoms with Gasteiger partial charge in [0.1, 0.15) is 5.75 Å². The zero-order valence-corrected chi connectivity index (χ0v) is 12.5. The monoisotopic (exact) mass is 276 g/mol. The number of carbonyl (C=O) groups excluding carboxylic acids is 1. The van der Waals surface area contributed by atoms with Gasteiger partial charge in [-0.1, -0.05) is 12.1 Å². The van der Waals surface area contributed by atoms with Gasteiger partial charge in [0.15, 0.2) is 0 Å². The SMILES string of the molecule is CC(C)Oc1ccc(CNC(=O)NC(C)C2CC2)cc1. The molecule has 0 bridgehead atoms. The molecule has 2 amide bonds. The Kier molecular flexibility index (Phi) is 4.88. The Morgan fingerprint density at radius 3 is 2.45 bits per heavy atom. The van der Waals surface area contributed by atoms with Gasteiger partial charge in [0.05, 0.1) is 6.10 Å². The number of carbonyl (C=O) groups is 1. The number of benzene rings is 1. The van der Waals surface area contributed by atoms with Gasteiger partial charge >= 0.3 is 6.03 Å². The fraction of sp³-hybridized carbons (Fsp3) is 0.562. The molecule has 1 aromatic rings. The van der Waals surface area contributed by atoms with Gasteiger partial charge in [-0.05, 0) is 57.2 Å². The average molecular weight is 276 g/mol. The van der Waals surface area contributed by atoms with E-state index in [9.17, 15) is 4.79 Å². The molecule has 0 aliphatic heterocycles. The van der Waals surface area contributed by atoms with Crippen LogP contribution in [-0.4, -0.2) is 18.2 Å². The Labute approximate surface area is 120 Å². The Hall–Kier alpha value is -1.71. The molecule has 1 aliphatic rings. The number of hydrogen-bond acceptors (Lipinski definition) is 2. The summed E-state index contributed by atoms with van der Waals surface area (Å²) in [5.41, 5.74) is 1.07. The molecule has 1 fully saturated rings. The normalized spacial score (nSPS) is 15.8. The second-order valence-electron chi connectivity index (χ2n) is 5.76. The van der Waals surface area contributed by atoms with Crippen LogP contribution in [0, 0.1) is 5.92 Å². The van der Waals surface area contributed by atoms with Crippen molar-refractivity contribution in [1.29, 1.82) is 0 Å². The minimum absolute atomic E-state index is 0.0908.